The van der Waals surface area contributed by atoms with Gasteiger partial charge in [-0.05, 0) is 33.6 Å². The number of rotatable bonds is 1. The summed E-state index contributed by atoms with van der Waals surface area (Å²) in [6.07, 6.45) is 0.747. The van der Waals surface area contributed by atoms with Crippen LogP contribution in [0.1, 0.15) is 33.6 Å². The number of aliphatic hydroxyl groups excluding tert-OH is 2. The zero-order valence-corrected chi connectivity index (χ0v) is 8.04. The smallest absolute Gasteiger partial charge is 0.0666 e. The second-order valence-electron chi connectivity index (χ2n) is 4.47. The molecule has 0 radical (unpaired) electrons. The van der Waals surface area contributed by atoms with Crippen LogP contribution in [-0.4, -0.2) is 34.0 Å². The third-order valence-corrected chi connectivity index (χ3v) is 2.43. The van der Waals surface area contributed by atoms with Gasteiger partial charge < -0.3 is 15.5 Å². The number of nitrogens with one attached hydrogen (secondary N) is 1. The molecule has 0 aromatic carbocycles. The van der Waals surface area contributed by atoms with Crippen LogP contribution in [0.3, 0.4) is 0 Å². The molecule has 1 aliphatic rings. The van der Waals surface area contributed by atoms with E-state index in [0.29, 0.717) is 6.42 Å². The summed E-state index contributed by atoms with van der Waals surface area (Å²) in [4.78, 5) is 0. The minimum absolute atomic E-state index is 0.0312. The van der Waals surface area contributed by atoms with Crippen LogP contribution in [0.15, 0.2) is 0 Å². The lowest BCUT2D eigenvalue weighted by Gasteiger charge is -2.40. The van der Waals surface area contributed by atoms with Crippen LogP contribution in [0.2, 0.25) is 0 Å². The molecule has 0 saturated carbocycles. The standard InChI is InChI=1S/C9H19NO2/c1-6(11)8-4-7(12)5-9(2,3)10-8/h6-8,10-12H,4-5H2,1-3H3/t6-,7?,8-/m0/s1. The topological polar surface area (TPSA) is 52.5 Å². The Hall–Kier alpha value is -0.120. The maximum Gasteiger partial charge on any atom is 0.0666 e. The molecule has 0 aromatic rings. The van der Waals surface area contributed by atoms with E-state index in [2.05, 4.69) is 5.32 Å². The summed E-state index contributed by atoms with van der Waals surface area (Å²) in [6, 6.07) is 0.0312. The molecule has 3 atom stereocenters. The van der Waals surface area contributed by atoms with Crippen LogP contribution in [-0.2, 0) is 0 Å². The Balaban J connectivity index is 2.58. The Bertz CT molecular complexity index is 157. The van der Waals surface area contributed by atoms with Crippen LogP contribution in [0.25, 0.3) is 0 Å². The molecule has 3 nitrogen and oxygen atoms in total. The Morgan fingerprint density at radius 3 is 2.50 bits per heavy atom. The zero-order chi connectivity index (χ0) is 9.35. The second-order valence-corrected chi connectivity index (χ2v) is 4.47. The van der Waals surface area contributed by atoms with Crippen molar-refractivity contribution in [1.82, 2.24) is 5.32 Å². The summed E-state index contributed by atoms with van der Waals surface area (Å²) in [6.45, 7) is 5.85. The lowest BCUT2D eigenvalue weighted by atomic mass is 9.85. The average Bonchev–Trinajstić information content (AvgIpc) is 1.82. The van der Waals surface area contributed by atoms with Gasteiger partial charge in [0.2, 0.25) is 0 Å². The molecule has 1 fully saturated rings. The van der Waals surface area contributed by atoms with E-state index in [-0.39, 0.29) is 23.8 Å². The van der Waals surface area contributed by atoms with Crippen molar-refractivity contribution in [3.63, 3.8) is 0 Å². The van der Waals surface area contributed by atoms with Crippen LogP contribution in [0.5, 0.6) is 0 Å². The molecule has 1 heterocycles. The van der Waals surface area contributed by atoms with Crippen LogP contribution >= 0.6 is 0 Å². The van der Waals surface area contributed by atoms with Crippen molar-refractivity contribution in [2.24, 2.45) is 0 Å². The van der Waals surface area contributed by atoms with Crippen molar-refractivity contribution in [2.45, 2.75) is 57.4 Å². The van der Waals surface area contributed by atoms with E-state index in [1.165, 1.54) is 0 Å². The predicted octanol–water partition coefficient (Wildman–Crippen LogP) is 0.259. The van der Waals surface area contributed by atoms with E-state index in [1.54, 1.807) is 6.92 Å². The van der Waals surface area contributed by atoms with E-state index in [4.69, 9.17) is 0 Å². The summed E-state index contributed by atoms with van der Waals surface area (Å²) in [5.74, 6) is 0. The van der Waals surface area contributed by atoms with E-state index in [0.717, 1.165) is 6.42 Å². The average molecular weight is 173 g/mol. The minimum Gasteiger partial charge on any atom is -0.393 e. The molecular formula is C9H19NO2. The van der Waals surface area contributed by atoms with E-state index < -0.39 is 0 Å². The fraction of sp³-hybridized carbons (Fsp3) is 1.00. The molecule has 0 aromatic heterocycles. The van der Waals surface area contributed by atoms with Crippen molar-refractivity contribution in [3.8, 4) is 0 Å². The molecule has 1 saturated heterocycles. The molecular weight excluding hydrogens is 154 g/mol. The molecule has 0 spiro atoms. The van der Waals surface area contributed by atoms with Gasteiger partial charge in [-0.25, -0.2) is 0 Å². The Kier molecular flexibility index (Phi) is 2.76. The molecule has 0 bridgehead atoms. The van der Waals surface area contributed by atoms with Gasteiger partial charge in [-0.15, -0.1) is 0 Å². The highest BCUT2D eigenvalue weighted by Gasteiger charge is 2.33. The third-order valence-electron chi connectivity index (χ3n) is 2.43. The van der Waals surface area contributed by atoms with E-state index >= 15 is 0 Å². The first kappa shape index (κ1) is 9.96. The summed E-state index contributed by atoms with van der Waals surface area (Å²) >= 11 is 0. The largest absolute Gasteiger partial charge is 0.393 e. The first-order valence-electron chi connectivity index (χ1n) is 4.54. The Morgan fingerprint density at radius 1 is 1.50 bits per heavy atom. The number of piperidine rings is 1. The van der Waals surface area contributed by atoms with Crippen LogP contribution in [0.4, 0.5) is 0 Å². The maximum atomic E-state index is 9.51. The lowest BCUT2D eigenvalue weighted by Crippen LogP contribution is -2.57. The third kappa shape index (κ3) is 2.44. The Labute approximate surface area is 73.8 Å². The van der Waals surface area contributed by atoms with E-state index in [1.807, 2.05) is 13.8 Å². The van der Waals surface area contributed by atoms with Crippen molar-refractivity contribution in [3.05, 3.63) is 0 Å². The van der Waals surface area contributed by atoms with Gasteiger partial charge in [0.25, 0.3) is 0 Å². The van der Waals surface area contributed by atoms with Crippen LogP contribution < -0.4 is 5.32 Å². The summed E-state index contributed by atoms with van der Waals surface area (Å²) in [5, 5.41) is 22.2. The molecule has 72 valence electrons. The summed E-state index contributed by atoms with van der Waals surface area (Å²) in [5.41, 5.74) is -0.0562. The monoisotopic (exact) mass is 173 g/mol. The first-order valence-corrected chi connectivity index (χ1v) is 4.54. The fourth-order valence-corrected chi connectivity index (χ4v) is 1.90. The molecule has 1 aliphatic heterocycles. The van der Waals surface area contributed by atoms with Gasteiger partial charge in [-0.3, -0.25) is 0 Å². The van der Waals surface area contributed by atoms with Gasteiger partial charge in [-0.2, -0.15) is 0 Å². The Morgan fingerprint density at radius 2 is 2.08 bits per heavy atom. The molecule has 1 unspecified atom stereocenters. The first-order chi connectivity index (χ1) is 5.41. The highest BCUT2D eigenvalue weighted by Crippen LogP contribution is 2.23. The number of aliphatic hydroxyl groups is 2. The van der Waals surface area contributed by atoms with Crippen molar-refractivity contribution in [2.75, 3.05) is 0 Å². The molecule has 1 rings (SSSR count). The van der Waals surface area contributed by atoms with Gasteiger partial charge in [-0.1, -0.05) is 0 Å². The zero-order valence-electron chi connectivity index (χ0n) is 8.04. The normalized spacial score (nSPS) is 37.8. The number of hydrogen-bond donors (Lipinski definition) is 3. The quantitative estimate of drug-likeness (QED) is 0.533. The van der Waals surface area contributed by atoms with Gasteiger partial charge >= 0.3 is 0 Å². The van der Waals surface area contributed by atoms with Gasteiger partial charge in [0, 0.05) is 11.6 Å². The molecule has 0 amide bonds. The van der Waals surface area contributed by atoms with Gasteiger partial charge in [0.15, 0.2) is 0 Å². The van der Waals surface area contributed by atoms with Crippen molar-refractivity contribution in [1.29, 1.82) is 0 Å². The maximum absolute atomic E-state index is 9.51. The summed E-state index contributed by atoms with van der Waals surface area (Å²) < 4.78 is 0. The van der Waals surface area contributed by atoms with Gasteiger partial charge in [0.1, 0.15) is 0 Å². The molecule has 3 heteroatoms. The SMILES string of the molecule is C[C@H](O)[C@@H]1CC(O)CC(C)(C)N1. The molecule has 3 N–H and O–H groups in total. The number of hydrogen-bond acceptors (Lipinski definition) is 3. The molecule has 12 heavy (non-hydrogen) atoms. The second kappa shape index (κ2) is 3.32. The van der Waals surface area contributed by atoms with Crippen molar-refractivity contribution < 1.29 is 10.2 Å². The van der Waals surface area contributed by atoms with Crippen LogP contribution in [0, 0.1) is 0 Å². The fourth-order valence-electron chi connectivity index (χ4n) is 1.90. The highest BCUT2D eigenvalue weighted by atomic mass is 16.3. The van der Waals surface area contributed by atoms with Gasteiger partial charge in [0.05, 0.1) is 12.2 Å². The minimum atomic E-state index is -0.390. The highest BCUT2D eigenvalue weighted by molar-refractivity contribution is 4.93. The lowest BCUT2D eigenvalue weighted by molar-refractivity contribution is 0.0234. The predicted molar refractivity (Wildman–Crippen MR) is 47.9 cm³/mol. The molecule has 0 aliphatic carbocycles. The van der Waals surface area contributed by atoms with Crippen molar-refractivity contribution >= 4 is 0 Å². The summed E-state index contributed by atoms with van der Waals surface area (Å²) in [7, 11) is 0. The van der Waals surface area contributed by atoms with E-state index in [9.17, 15) is 10.2 Å².